The highest BCUT2D eigenvalue weighted by atomic mass is 16.5. The number of carbonyl (C=O) groups is 1. The molecule has 0 atom stereocenters. The van der Waals surface area contributed by atoms with Crippen molar-refractivity contribution in [1.29, 1.82) is 0 Å². The van der Waals surface area contributed by atoms with E-state index in [4.69, 9.17) is 4.74 Å². The molecule has 0 aliphatic carbocycles. The molecule has 110 valence electrons. The van der Waals surface area contributed by atoms with Crippen molar-refractivity contribution in [2.24, 2.45) is 0 Å². The molecule has 0 heterocycles. The van der Waals surface area contributed by atoms with E-state index in [2.05, 4.69) is 19.9 Å². The average Bonchev–Trinajstić information content (AvgIpc) is 2.46. The Morgan fingerprint density at radius 3 is 2.29 bits per heavy atom. The van der Waals surface area contributed by atoms with Crippen molar-refractivity contribution in [3.63, 3.8) is 0 Å². The standard InChI is InChI=1S/C19H22O2/c1-13(2)16-10-7-11-18(21-14(3)4)19(16)17-9-6-5-8-15(17)12-20/h5-14H,1-4H3. The van der Waals surface area contributed by atoms with Crippen molar-refractivity contribution in [1.82, 2.24) is 0 Å². The van der Waals surface area contributed by atoms with Crippen molar-refractivity contribution >= 4 is 6.29 Å². The van der Waals surface area contributed by atoms with Crippen LogP contribution >= 0.6 is 0 Å². The van der Waals surface area contributed by atoms with Gasteiger partial charge in [0.15, 0.2) is 6.29 Å². The minimum absolute atomic E-state index is 0.0922. The third kappa shape index (κ3) is 3.33. The van der Waals surface area contributed by atoms with Crippen LogP contribution in [-0.4, -0.2) is 12.4 Å². The van der Waals surface area contributed by atoms with Crippen LogP contribution in [0, 0.1) is 0 Å². The van der Waals surface area contributed by atoms with Crippen molar-refractivity contribution in [2.45, 2.75) is 39.7 Å². The highest BCUT2D eigenvalue weighted by molar-refractivity contribution is 5.90. The van der Waals surface area contributed by atoms with Crippen LogP contribution in [0.15, 0.2) is 42.5 Å². The van der Waals surface area contributed by atoms with E-state index in [1.807, 2.05) is 50.2 Å². The van der Waals surface area contributed by atoms with E-state index in [0.29, 0.717) is 11.5 Å². The fraction of sp³-hybridized carbons (Fsp3) is 0.316. The van der Waals surface area contributed by atoms with E-state index in [-0.39, 0.29) is 6.10 Å². The summed E-state index contributed by atoms with van der Waals surface area (Å²) in [6, 6.07) is 13.8. The van der Waals surface area contributed by atoms with Gasteiger partial charge in [-0.3, -0.25) is 4.79 Å². The zero-order chi connectivity index (χ0) is 15.4. The van der Waals surface area contributed by atoms with Gasteiger partial charge in [0, 0.05) is 11.1 Å². The summed E-state index contributed by atoms with van der Waals surface area (Å²) in [4.78, 5) is 11.4. The maximum absolute atomic E-state index is 11.4. The molecule has 0 saturated carbocycles. The topological polar surface area (TPSA) is 26.3 Å². The Hall–Kier alpha value is -2.09. The second-order valence-electron chi connectivity index (χ2n) is 5.75. The van der Waals surface area contributed by atoms with E-state index in [1.165, 1.54) is 5.56 Å². The first kappa shape index (κ1) is 15.3. The number of aldehydes is 1. The van der Waals surface area contributed by atoms with Gasteiger partial charge in [-0.1, -0.05) is 50.2 Å². The molecule has 21 heavy (non-hydrogen) atoms. The Balaban J connectivity index is 2.71. The van der Waals surface area contributed by atoms with Crippen LogP contribution in [0.25, 0.3) is 11.1 Å². The van der Waals surface area contributed by atoms with Crippen LogP contribution in [0.5, 0.6) is 5.75 Å². The molecular formula is C19H22O2. The van der Waals surface area contributed by atoms with Crippen LogP contribution in [0.4, 0.5) is 0 Å². The third-order valence-electron chi connectivity index (χ3n) is 3.40. The predicted molar refractivity (Wildman–Crippen MR) is 87.1 cm³/mol. The Morgan fingerprint density at radius 1 is 0.952 bits per heavy atom. The van der Waals surface area contributed by atoms with Crippen molar-refractivity contribution in [3.05, 3.63) is 53.6 Å². The first-order chi connectivity index (χ1) is 10.0. The van der Waals surface area contributed by atoms with Crippen LogP contribution in [-0.2, 0) is 0 Å². The molecule has 0 saturated heterocycles. The average molecular weight is 282 g/mol. The molecule has 2 rings (SSSR count). The van der Waals surface area contributed by atoms with Gasteiger partial charge >= 0.3 is 0 Å². The smallest absolute Gasteiger partial charge is 0.150 e. The Kier molecular flexibility index (Phi) is 4.79. The molecule has 0 amide bonds. The number of rotatable bonds is 5. The second kappa shape index (κ2) is 6.57. The molecule has 2 aromatic carbocycles. The maximum atomic E-state index is 11.4. The molecule has 0 aliphatic heterocycles. The molecule has 0 aliphatic rings. The van der Waals surface area contributed by atoms with E-state index in [0.717, 1.165) is 23.2 Å². The van der Waals surface area contributed by atoms with Gasteiger partial charge in [0.2, 0.25) is 0 Å². The number of hydrogen-bond donors (Lipinski definition) is 0. The minimum atomic E-state index is 0.0922. The Labute approximate surface area is 126 Å². The Bertz CT molecular complexity index is 627. The summed E-state index contributed by atoms with van der Waals surface area (Å²) in [5.41, 5.74) is 3.86. The quantitative estimate of drug-likeness (QED) is 0.715. The van der Waals surface area contributed by atoms with Gasteiger partial charge in [0.05, 0.1) is 6.10 Å². The van der Waals surface area contributed by atoms with E-state index in [1.54, 1.807) is 0 Å². The lowest BCUT2D eigenvalue weighted by molar-refractivity contribution is 0.112. The zero-order valence-electron chi connectivity index (χ0n) is 13.1. The monoisotopic (exact) mass is 282 g/mol. The normalized spacial score (nSPS) is 11.0. The van der Waals surface area contributed by atoms with Crippen LogP contribution < -0.4 is 4.74 Å². The van der Waals surface area contributed by atoms with Crippen molar-refractivity contribution < 1.29 is 9.53 Å². The summed E-state index contributed by atoms with van der Waals surface area (Å²) in [6.45, 7) is 8.33. The van der Waals surface area contributed by atoms with Gasteiger partial charge in [-0.15, -0.1) is 0 Å². The summed E-state index contributed by atoms with van der Waals surface area (Å²) < 4.78 is 5.97. The second-order valence-corrected chi connectivity index (χ2v) is 5.75. The lowest BCUT2D eigenvalue weighted by Gasteiger charge is -2.20. The summed E-state index contributed by atoms with van der Waals surface area (Å²) >= 11 is 0. The molecular weight excluding hydrogens is 260 g/mol. The van der Waals surface area contributed by atoms with Gasteiger partial charge in [-0.05, 0) is 37.0 Å². The number of carbonyl (C=O) groups excluding carboxylic acids is 1. The summed E-state index contributed by atoms with van der Waals surface area (Å²) in [5, 5.41) is 0. The van der Waals surface area contributed by atoms with Crippen LogP contribution in [0.2, 0.25) is 0 Å². The summed E-state index contributed by atoms with van der Waals surface area (Å²) in [7, 11) is 0. The highest BCUT2D eigenvalue weighted by Gasteiger charge is 2.17. The molecule has 2 heteroatoms. The van der Waals surface area contributed by atoms with Crippen molar-refractivity contribution in [2.75, 3.05) is 0 Å². The molecule has 0 N–H and O–H groups in total. The van der Waals surface area contributed by atoms with Gasteiger partial charge in [-0.25, -0.2) is 0 Å². The highest BCUT2D eigenvalue weighted by Crippen LogP contribution is 2.38. The predicted octanol–water partition coefficient (Wildman–Crippen LogP) is 5.08. The maximum Gasteiger partial charge on any atom is 0.150 e. The molecule has 0 aromatic heterocycles. The number of hydrogen-bond acceptors (Lipinski definition) is 2. The van der Waals surface area contributed by atoms with E-state index >= 15 is 0 Å². The number of ether oxygens (including phenoxy) is 1. The third-order valence-corrected chi connectivity index (χ3v) is 3.40. The van der Waals surface area contributed by atoms with E-state index in [9.17, 15) is 4.79 Å². The molecule has 0 bridgehead atoms. The largest absolute Gasteiger partial charge is 0.490 e. The lowest BCUT2D eigenvalue weighted by Crippen LogP contribution is -2.08. The molecule has 2 nitrogen and oxygen atoms in total. The van der Waals surface area contributed by atoms with Gasteiger partial charge in [0.1, 0.15) is 5.75 Å². The summed E-state index contributed by atoms with van der Waals surface area (Å²) in [6.07, 6.45) is 1.00. The van der Waals surface area contributed by atoms with Gasteiger partial charge in [0.25, 0.3) is 0 Å². The fourth-order valence-electron chi connectivity index (χ4n) is 2.50. The lowest BCUT2D eigenvalue weighted by atomic mass is 9.89. The van der Waals surface area contributed by atoms with Crippen LogP contribution in [0.1, 0.15) is 49.5 Å². The molecule has 0 unspecified atom stereocenters. The first-order valence-corrected chi connectivity index (χ1v) is 7.38. The molecule has 0 radical (unpaired) electrons. The van der Waals surface area contributed by atoms with Gasteiger partial charge < -0.3 is 4.74 Å². The Morgan fingerprint density at radius 2 is 1.67 bits per heavy atom. The van der Waals surface area contributed by atoms with Crippen molar-refractivity contribution in [3.8, 4) is 16.9 Å². The zero-order valence-corrected chi connectivity index (χ0v) is 13.1. The fourth-order valence-corrected chi connectivity index (χ4v) is 2.50. The first-order valence-electron chi connectivity index (χ1n) is 7.38. The van der Waals surface area contributed by atoms with Gasteiger partial charge in [-0.2, -0.15) is 0 Å². The summed E-state index contributed by atoms with van der Waals surface area (Å²) in [5.74, 6) is 1.20. The van der Waals surface area contributed by atoms with E-state index < -0.39 is 0 Å². The molecule has 0 spiro atoms. The van der Waals surface area contributed by atoms with Crippen LogP contribution in [0.3, 0.4) is 0 Å². The SMILES string of the molecule is CC(C)Oc1cccc(C(C)C)c1-c1ccccc1C=O. The molecule has 2 aromatic rings. The minimum Gasteiger partial charge on any atom is -0.490 e. The molecule has 0 fully saturated rings. The number of benzene rings is 2.